The van der Waals surface area contributed by atoms with Gasteiger partial charge in [-0.1, -0.05) is 42.8 Å². The monoisotopic (exact) mass is 213 g/mol. The Morgan fingerprint density at radius 2 is 1.88 bits per heavy atom. The summed E-state index contributed by atoms with van der Waals surface area (Å²) in [5, 5.41) is 0. The Balaban J connectivity index is 1.96. The Kier molecular flexibility index (Phi) is 2.56. The molecule has 0 aliphatic heterocycles. The van der Waals surface area contributed by atoms with Crippen LogP contribution in [0.2, 0.25) is 0 Å². The molecule has 0 radical (unpaired) electrons. The first-order chi connectivity index (χ1) is 7.86. The molecule has 0 amide bonds. The summed E-state index contributed by atoms with van der Waals surface area (Å²) in [4.78, 5) is 0. The zero-order valence-electron chi connectivity index (χ0n) is 9.60. The molecule has 3 unspecified atom stereocenters. The van der Waals surface area contributed by atoms with Crippen LogP contribution in [0.5, 0.6) is 0 Å². The number of fused-ring (bicyclic) bond motifs is 2. The lowest BCUT2D eigenvalue weighted by Crippen LogP contribution is -2.43. The molecule has 1 fully saturated rings. The summed E-state index contributed by atoms with van der Waals surface area (Å²) in [6.07, 6.45) is 7.58. The summed E-state index contributed by atoms with van der Waals surface area (Å²) in [6, 6.07) is 11.2. The minimum atomic E-state index is 0.397. The van der Waals surface area contributed by atoms with Gasteiger partial charge in [0.05, 0.1) is 0 Å². The summed E-state index contributed by atoms with van der Waals surface area (Å²) in [5.41, 5.74) is 9.25. The molecule has 1 nitrogen and oxygen atoms in total. The standard InChI is InChI=1S/C15H19N/c16-15-12-7-4-8-14(15)13(10-9-12)11-5-2-1-3-6-11/h1-3,5-6,10,12,14-15H,4,7-9,16H2. The highest BCUT2D eigenvalue weighted by atomic mass is 14.7. The van der Waals surface area contributed by atoms with E-state index < -0.39 is 0 Å². The van der Waals surface area contributed by atoms with E-state index in [-0.39, 0.29) is 0 Å². The van der Waals surface area contributed by atoms with Crippen molar-refractivity contribution in [3.63, 3.8) is 0 Å². The van der Waals surface area contributed by atoms with Gasteiger partial charge in [-0.05, 0) is 42.2 Å². The summed E-state index contributed by atoms with van der Waals surface area (Å²) >= 11 is 0. The molecule has 0 spiro atoms. The molecule has 0 saturated heterocycles. The predicted molar refractivity (Wildman–Crippen MR) is 67.8 cm³/mol. The van der Waals surface area contributed by atoms with E-state index in [1.807, 2.05) is 0 Å². The van der Waals surface area contributed by atoms with Crippen LogP contribution < -0.4 is 5.73 Å². The van der Waals surface area contributed by atoms with Crippen molar-refractivity contribution in [1.29, 1.82) is 0 Å². The van der Waals surface area contributed by atoms with Gasteiger partial charge < -0.3 is 5.73 Å². The summed E-state index contributed by atoms with van der Waals surface area (Å²) < 4.78 is 0. The highest BCUT2D eigenvalue weighted by Crippen LogP contribution is 2.42. The fourth-order valence-electron chi connectivity index (χ4n) is 3.34. The van der Waals surface area contributed by atoms with Crippen LogP contribution >= 0.6 is 0 Å². The number of hydrogen-bond donors (Lipinski definition) is 1. The summed E-state index contributed by atoms with van der Waals surface area (Å²) in [7, 11) is 0. The predicted octanol–water partition coefficient (Wildman–Crippen LogP) is 3.22. The molecule has 2 aliphatic carbocycles. The molecule has 2 bridgehead atoms. The molecular weight excluding hydrogens is 194 g/mol. The van der Waals surface area contributed by atoms with Gasteiger partial charge in [0.15, 0.2) is 0 Å². The van der Waals surface area contributed by atoms with Gasteiger partial charge in [-0.15, -0.1) is 0 Å². The Hall–Kier alpha value is -1.08. The van der Waals surface area contributed by atoms with Gasteiger partial charge in [0.1, 0.15) is 0 Å². The van der Waals surface area contributed by atoms with Gasteiger partial charge in [0, 0.05) is 6.04 Å². The molecule has 2 aliphatic rings. The molecule has 3 atom stereocenters. The molecular formula is C15H19N. The maximum Gasteiger partial charge on any atom is 0.0139 e. The number of rotatable bonds is 1. The van der Waals surface area contributed by atoms with Crippen LogP contribution in [0.3, 0.4) is 0 Å². The van der Waals surface area contributed by atoms with Gasteiger partial charge in [-0.25, -0.2) is 0 Å². The number of nitrogens with two attached hydrogens (primary N) is 1. The first-order valence-electron chi connectivity index (χ1n) is 6.37. The number of hydrogen-bond acceptors (Lipinski definition) is 1. The largest absolute Gasteiger partial charge is 0.327 e. The van der Waals surface area contributed by atoms with Crippen LogP contribution in [0.15, 0.2) is 36.4 Å². The van der Waals surface area contributed by atoms with E-state index in [2.05, 4.69) is 36.4 Å². The van der Waals surface area contributed by atoms with Crippen LogP contribution in [0, 0.1) is 11.8 Å². The van der Waals surface area contributed by atoms with Crippen molar-refractivity contribution in [3.8, 4) is 0 Å². The fraction of sp³-hybridized carbons (Fsp3) is 0.467. The Morgan fingerprint density at radius 3 is 2.69 bits per heavy atom. The number of allylic oxidation sites excluding steroid dienone is 1. The van der Waals surface area contributed by atoms with Gasteiger partial charge in [-0.3, -0.25) is 0 Å². The maximum absolute atomic E-state index is 6.37. The zero-order valence-corrected chi connectivity index (χ0v) is 9.60. The van der Waals surface area contributed by atoms with E-state index in [4.69, 9.17) is 5.73 Å². The summed E-state index contributed by atoms with van der Waals surface area (Å²) in [5.74, 6) is 1.35. The van der Waals surface area contributed by atoms with Crippen LogP contribution in [0.25, 0.3) is 5.57 Å². The summed E-state index contributed by atoms with van der Waals surface area (Å²) in [6.45, 7) is 0. The molecule has 1 saturated carbocycles. The molecule has 1 heteroatoms. The van der Waals surface area contributed by atoms with Crippen molar-refractivity contribution in [3.05, 3.63) is 42.0 Å². The quantitative estimate of drug-likeness (QED) is 0.761. The van der Waals surface area contributed by atoms with E-state index in [0.29, 0.717) is 12.0 Å². The minimum Gasteiger partial charge on any atom is -0.327 e. The molecule has 2 N–H and O–H groups in total. The first-order valence-corrected chi connectivity index (χ1v) is 6.37. The lowest BCUT2D eigenvalue weighted by atomic mass is 9.67. The average molecular weight is 213 g/mol. The highest BCUT2D eigenvalue weighted by Gasteiger charge is 2.35. The normalized spacial score (nSPS) is 33.3. The van der Waals surface area contributed by atoms with Crippen molar-refractivity contribution in [2.24, 2.45) is 17.6 Å². The molecule has 3 rings (SSSR count). The Morgan fingerprint density at radius 1 is 1.06 bits per heavy atom. The second kappa shape index (κ2) is 4.06. The molecule has 1 aromatic carbocycles. The average Bonchev–Trinajstić information content (AvgIpc) is 2.30. The lowest BCUT2D eigenvalue weighted by molar-refractivity contribution is 0.251. The molecule has 0 aromatic heterocycles. The zero-order chi connectivity index (χ0) is 11.0. The highest BCUT2D eigenvalue weighted by molar-refractivity contribution is 5.69. The number of benzene rings is 1. The Bertz CT molecular complexity index is 393. The van der Waals surface area contributed by atoms with Crippen molar-refractivity contribution in [1.82, 2.24) is 0 Å². The van der Waals surface area contributed by atoms with Crippen molar-refractivity contribution in [2.75, 3.05) is 0 Å². The third-order valence-electron chi connectivity index (χ3n) is 4.25. The van der Waals surface area contributed by atoms with Crippen molar-refractivity contribution >= 4 is 5.57 Å². The van der Waals surface area contributed by atoms with Gasteiger partial charge in [-0.2, -0.15) is 0 Å². The smallest absolute Gasteiger partial charge is 0.0139 e. The first kappa shape index (κ1) is 10.1. The molecule has 16 heavy (non-hydrogen) atoms. The topological polar surface area (TPSA) is 26.0 Å². The van der Waals surface area contributed by atoms with E-state index in [0.717, 1.165) is 5.92 Å². The van der Waals surface area contributed by atoms with E-state index >= 15 is 0 Å². The molecule has 0 heterocycles. The maximum atomic E-state index is 6.37. The van der Waals surface area contributed by atoms with E-state index in [9.17, 15) is 0 Å². The van der Waals surface area contributed by atoms with Crippen molar-refractivity contribution in [2.45, 2.75) is 31.7 Å². The fourth-order valence-corrected chi connectivity index (χ4v) is 3.34. The molecule has 1 aromatic rings. The third-order valence-corrected chi connectivity index (χ3v) is 4.25. The van der Waals surface area contributed by atoms with Crippen LogP contribution in [0.4, 0.5) is 0 Å². The van der Waals surface area contributed by atoms with E-state index in [1.54, 1.807) is 0 Å². The second-order valence-corrected chi connectivity index (χ2v) is 5.14. The SMILES string of the molecule is NC1C2CC=C(c3ccccc3)C1CCC2. The van der Waals surface area contributed by atoms with Crippen LogP contribution in [0.1, 0.15) is 31.2 Å². The van der Waals surface area contributed by atoms with E-state index in [1.165, 1.54) is 36.8 Å². The van der Waals surface area contributed by atoms with Crippen LogP contribution in [-0.4, -0.2) is 6.04 Å². The molecule has 84 valence electrons. The van der Waals surface area contributed by atoms with Crippen LogP contribution in [-0.2, 0) is 0 Å². The van der Waals surface area contributed by atoms with Gasteiger partial charge >= 0.3 is 0 Å². The minimum absolute atomic E-state index is 0.397. The van der Waals surface area contributed by atoms with Gasteiger partial charge in [0.2, 0.25) is 0 Å². The van der Waals surface area contributed by atoms with Crippen molar-refractivity contribution < 1.29 is 0 Å². The second-order valence-electron chi connectivity index (χ2n) is 5.14. The Labute approximate surface area is 97.4 Å². The third kappa shape index (κ3) is 1.60. The lowest BCUT2D eigenvalue weighted by Gasteiger charge is -2.40. The van der Waals surface area contributed by atoms with Gasteiger partial charge in [0.25, 0.3) is 0 Å².